The number of nitrogens with zero attached hydrogens (tertiary/aromatic N) is 2. The molecule has 2 heterocycles. The molecule has 1 atom stereocenters. The highest BCUT2D eigenvalue weighted by atomic mass is 79.9. The van der Waals surface area contributed by atoms with E-state index in [0.717, 1.165) is 3.79 Å². The average molecular weight is 424 g/mol. The summed E-state index contributed by atoms with van der Waals surface area (Å²) in [7, 11) is -3.43. The van der Waals surface area contributed by atoms with Crippen molar-refractivity contribution in [3.63, 3.8) is 0 Å². The van der Waals surface area contributed by atoms with Gasteiger partial charge in [0.1, 0.15) is 4.21 Å². The van der Waals surface area contributed by atoms with Gasteiger partial charge in [-0.25, -0.2) is 8.42 Å². The molecule has 2 rings (SSSR count). The van der Waals surface area contributed by atoms with Crippen LogP contribution in [0.25, 0.3) is 0 Å². The van der Waals surface area contributed by atoms with Gasteiger partial charge >= 0.3 is 0 Å². The van der Waals surface area contributed by atoms with Gasteiger partial charge in [0.15, 0.2) is 0 Å². The van der Waals surface area contributed by atoms with Gasteiger partial charge in [-0.3, -0.25) is 9.69 Å². The molecule has 1 unspecified atom stereocenters. The third-order valence-electron chi connectivity index (χ3n) is 3.77. The molecule has 1 saturated heterocycles. The van der Waals surface area contributed by atoms with Crippen LogP contribution in [0.5, 0.6) is 0 Å². The molecule has 1 aromatic rings. The average Bonchev–Trinajstić information content (AvgIpc) is 2.93. The lowest BCUT2D eigenvalue weighted by molar-refractivity contribution is -0.126. The van der Waals surface area contributed by atoms with Crippen LogP contribution in [0.2, 0.25) is 0 Å². The maximum atomic E-state index is 12.6. The molecule has 6 nitrogen and oxygen atoms in total. The van der Waals surface area contributed by atoms with E-state index in [1.165, 1.54) is 15.6 Å². The number of carbonyl (C=O) groups is 1. The molecule has 1 fully saturated rings. The van der Waals surface area contributed by atoms with E-state index in [1.54, 1.807) is 12.1 Å². The Morgan fingerprint density at radius 1 is 1.22 bits per heavy atom. The van der Waals surface area contributed by atoms with E-state index in [0.29, 0.717) is 30.4 Å². The summed E-state index contributed by atoms with van der Waals surface area (Å²) in [5.74, 6) is -0.0153. The fourth-order valence-electron chi connectivity index (χ4n) is 2.47. The Morgan fingerprint density at radius 3 is 2.30 bits per heavy atom. The molecular weight excluding hydrogens is 402 g/mol. The molecule has 0 radical (unpaired) electrons. The predicted octanol–water partition coefficient (Wildman–Crippen LogP) is 1.73. The molecule has 0 aliphatic carbocycles. The Bertz CT molecular complexity index is 652. The number of hydrogen-bond acceptors (Lipinski definition) is 5. The first-order valence-electron chi connectivity index (χ1n) is 7.51. The second kappa shape index (κ2) is 7.60. The van der Waals surface area contributed by atoms with E-state index >= 15 is 0 Å². The number of piperazine rings is 1. The highest BCUT2D eigenvalue weighted by Crippen LogP contribution is 2.29. The molecule has 0 aromatic carbocycles. The zero-order chi connectivity index (χ0) is 17.2. The van der Waals surface area contributed by atoms with E-state index in [1.807, 2.05) is 25.7 Å². The number of nitrogens with one attached hydrogen (secondary N) is 1. The van der Waals surface area contributed by atoms with Crippen LogP contribution in [-0.4, -0.2) is 61.8 Å². The van der Waals surface area contributed by atoms with Crippen molar-refractivity contribution in [1.82, 2.24) is 14.5 Å². The molecule has 130 valence electrons. The van der Waals surface area contributed by atoms with Crippen LogP contribution >= 0.6 is 27.3 Å². The van der Waals surface area contributed by atoms with Crippen molar-refractivity contribution in [3.8, 4) is 0 Å². The highest BCUT2D eigenvalue weighted by molar-refractivity contribution is 9.11. The zero-order valence-electron chi connectivity index (χ0n) is 13.5. The Balaban J connectivity index is 1.97. The molecule has 9 heteroatoms. The molecule has 1 N–H and O–H groups in total. The van der Waals surface area contributed by atoms with E-state index in [-0.39, 0.29) is 18.0 Å². The quantitative estimate of drug-likeness (QED) is 0.782. The summed E-state index contributed by atoms with van der Waals surface area (Å²) < 4.78 is 27.8. The molecular formula is C14H22BrN3O3S2. The van der Waals surface area contributed by atoms with Crippen LogP contribution in [0.1, 0.15) is 20.8 Å². The monoisotopic (exact) mass is 423 g/mol. The van der Waals surface area contributed by atoms with Crippen LogP contribution in [-0.2, 0) is 14.8 Å². The first-order chi connectivity index (χ1) is 10.7. The predicted molar refractivity (Wildman–Crippen MR) is 95.1 cm³/mol. The van der Waals surface area contributed by atoms with Crippen molar-refractivity contribution in [1.29, 1.82) is 0 Å². The highest BCUT2D eigenvalue weighted by Gasteiger charge is 2.32. The minimum atomic E-state index is -3.43. The van der Waals surface area contributed by atoms with Gasteiger partial charge in [-0.1, -0.05) is 0 Å². The number of rotatable bonds is 5. The third-order valence-corrected chi connectivity index (χ3v) is 7.76. The smallest absolute Gasteiger partial charge is 0.252 e. The van der Waals surface area contributed by atoms with Crippen molar-refractivity contribution in [3.05, 3.63) is 15.9 Å². The summed E-state index contributed by atoms with van der Waals surface area (Å²) in [6, 6.07) is 3.21. The second-order valence-corrected chi connectivity index (χ2v) is 10.5. The fraction of sp³-hybridized carbons (Fsp3) is 0.643. The van der Waals surface area contributed by atoms with Crippen LogP contribution in [0, 0.1) is 0 Å². The SMILES string of the molecule is CC(C)NC(=O)C(C)N1CCN(S(=O)(=O)c2ccc(Br)s2)CC1. The first kappa shape index (κ1) is 18.9. The number of halogens is 1. The summed E-state index contributed by atoms with van der Waals surface area (Å²) in [5.41, 5.74) is 0. The third kappa shape index (κ3) is 4.54. The Morgan fingerprint density at radius 2 is 1.83 bits per heavy atom. The van der Waals surface area contributed by atoms with Crippen LogP contribution in [0.4, 0.5) is 0 Å². The Kier molecular flexibility index (Phi) is 6.23. The van der Waals surface area contributed by atoms with Crippen LogP contribution in [0.3, 0.4) is 0 Å². The van der Waals surface area contributed by atoms with E-state index < -0.39 is 10.0 Å². The normalized spacial score (nSPS) is 19.0. The standard InChI is InChI=1S/C14H22BrN3O3S2/c1-10(2)16-14(19)11(3)17-6-8-18(9-7-17)23(20,21)13-5-4-12(15)22-13/h4-5,10-11H,6-9H2,1-3H3,(H,16,19). The van der Waals surface area contributed by atoms with Gasteiger partial charge in [0.25, 0.3) is 10.0 Å². The minimum absolute atomic E-state index is 0.0153. The number of sulfonamides is 1. The van der Waals surface area contributed by atoms with Crippen molar-refractivity contribution < 1.29 is 13.2 Å². The van der Waals surface area contributed by atoms with Gasteiger partial charge in [-0.15, -0.1) is 11.3 Å². The fourth-order valence-corrected chi connectivity index (χ4v) is 6.05. The lowest BCUT2D eigenvalue weighted by Crippen LogP contribution is -2.55. The van der Waals surface area contributed by atoms with Gasteiger partial charge in [0.2, 0.25) is 5.91 Å². The summed E-state index contributed by atoms with van der Waals surface area (Å²) >= 11 is 4.51. The second-order valence-electron chi connectivity index (χ2n) is 5.84. The number of hydrogen-bond donors (Lipinski definition) is 1. The molecule has 1 aliphatic heterocycles. The minimum Gasteiger partial charge on any atom is -0.353 e. The number of thiophene rings is 1. The van der Waals surface area contributed by atoms with Gasteiger partial charge in [0.05, 0.1) is 9.83 Å². The summed E-state index contributed by atoms with van der Waals surface area (Å²) in [4.78, 5) is 14.1. The van der Waals surface area contributed by atoms with Gasteiger partial charge < -0.3 is 5.32 Å². The summed E-state index contributed by atoms with van der Waals surface area (Å²) in [5, 5.41) is 2.89. The van der Waals surface area contributed by atoms with E-state index in [2.05, 4.69) is 21.2 Å². The zero-order valence-corrected chi connectivity index (χ0v) is 16.7. The van der Waals surface area contributed by atoms with Crippen molar-refractivity contribution in [2.24, 2.45) is 0 Å². The molecule has 1 aromatic heterocycles. The molecule has 1 amide bonds. The Hall–Kier alpha value is -0.480. The lowest BCUT2D eigenvalue weighted by atomic mass is 10.2. The van der Waals surface area contributed by atoms with Gasteiger partial charge in [-0.05, 0) is 48.8 Å². The van der Waals surface area contributed by atoms with Crippen LogP contribution < -0.4 is 5.32 Å². The van der Waals surface area contributed by atoms with Crippen molar-refractivity contribution >= 4 is 43.2 Å². The van der Waals surface area contributed by atoms with Crippen molar-refractivity contribution in [2.45, 2.75) is 37.1 Å². The lowest BCUT2D eigenvalue weighted by Gasteiger charge is -2.36. The molecule has 23 heavy (non-hydrogen) atoms. The van der Waals surface area contributed by atoms with E-state index in [4.69, 9.17) is 0 Å². The molecule has 0 saturated carbocycles. The van der Waals surface area contributed by atoms with Gasteiger partial charge in [-0.2, -0.15) is 4.31 Å². The molecule has 0 bridgehead atoms. The molecule has 1 aliphatic rings. The van der Waals surface area contributed by atoms with Crippen LogP contribution in [0.15, 0.2) is 20.1 Å². The molecule has 0 spiro atoms. The van der Waals surface area contributed by atoms with Crippen molar-refractivity contribution in [2.75, 3.05) is 26.2 Å². The maximum Gasteiger partial charge on any atom is 0.252 e. The maximum absolute atomic E-state index is 12.6. The number of amides is 1. The Labute approximate surface area is 150 Å². The van der Waals surface area contributed by atoms with E-state index in [9.17, 15) is 13.2 Å². The summed E-state index contributed by atoms with van der Waals surface area (Å²) in [6.07, 6.45) is 0. The van der Waals surface area contributed by atoms with Gasteiger partial charge in [0, 0.05) is 32.2 Å². The summed E-state index contributed by atoms with van der Waals surface area (Å²) in [6.45, 7) is 7.62. The first-order valence-corrected chi connectivity index (χ1v) is 10.6. The number of carbonyl (C=O) groups excluding carboxylic acids is 1. The largest absolute Gasteiger partial charge is 0.353 e. The topological polar surface area (TPSA) is 69.7 Å².